The van der Waals surface area contributed by atoms with Crippen LogP contribution in [0.3, 0.4) is 0 Å². The minimum Gasteiger partial charge on any atom is -0.369 e. The monoisotopic (exact) mass is 425 g/mol. The molecule has 0 atom stereocenters. The average Bonchev–Trinajstić information content (AvgIpc) is 3.17. The number of aromatic nitrogens is 2. The van der Waals surface area contributed by atoms with E-state index in [0.29, 0.717) is 11.4 Å². The van der Waals surface area contributed by atoms with E-state index in [1.54, 1.807) is 6.20 Å². The maximum absolute atomic E-state index is 13.1. The molecular formula is C22H24FN5OS. The van der Waals surface area contributed by atoms with Crippen LogP contribution < -0.4 is 10.2 Å². The highest BCUT2D eigenvalue weighted by molar-refractivity contribution is 7.17. The lowest BCUT2D eigenvalue weighted by atomic mass is 10.2. The summed E-state index contributed by atoms with van der Waals surface area (Å²) in [5, 5.41) is 3.77. The molecule has 0 unspecified atom stereocenters. The lowest BCUT2D eigenvalue weighted by Crippen LogP contribution is -2.48. The summed E-state index contributed by atoms with van der Waals surface area (Å²) in [6.45, 7) is 6.85. The Morgan fingerprint density at radius 3 is 2.60 bits per heavy atom. The van der Waals surface area contributed by atoms with Gasteiger partial charge in [0.25, 0.3) is 5.91 Å². The van der Waals surface area contributed by atoms with Gasteiger partial charge in [-0.1, -0.05) is 6.07 Å². The Morgan fingerprint density at radius 1 is 1.13 bits per heavy atom. The largest absolute Gasteiger partial charge is 0.369 e. The van der Waals surface area contributed by atoms with Crippen LogP contribution in [0.4, 0.5) is 10.1 Å². The SMILES string of the molecule is Cc1nc(-c2ccccn2)sc1C(=O)NCCN1CCN(c2ccc(F)cc2)CC1. The Labute approximate surface area is 179 Å². The van der Waals surface area contributed by atoms with Gasteiger partial charge in [0.15, 0.2) is 0 Å². The van der Waals surface area contributed by atoms with E-state index in [1.807, 2.05) is 37.3 Å². The molecule has 4 rings (SSSR count). The summed E-state index contributed by atoms with van der Waals surface area (Å²) in [5.41, 5.74) is 2.56. The van der Waals surface area contributed by atoms with Crippen molar-refractivity contribution in [2.24, 2.45) is 0 Å². The number of carbonyl (C=O) groups excluding carboxylic acids is 1. The van der Waals surface area contributed by atoms with Crippen LogP contribution in [0.25, 0.3) is 10.7 Å². The normalized spacial score (nSPS) is 14.7. The number of anilines is 1. The van der Waals surface area contributed by atoms with Crippen LogP contribution in [0.2, 0.25) is 0 Å². The topological polar surface area (TPSA) is 61.4 Å². The molecule has 3 heterocycles. The zero-order chi connectivity index (χ0) is 20.9. The number of nitrogens with zero attached hydrogens (tertiary/aromatic N) is 4. The van der Waals surface area contributed by atoms with Crippen LogP contribution in [0.15, 0.2) is 48.7 Å². The van der Waals surface area contributed by atoms with E-state index in [0.717, 1.165) is 54.8 Å². The van der Waals surface area contributed by atoms with Gasteiger partial charge in [-0.2, -0.15) is 0 Å². The molecule has 0 aliphatic carbocycles. The first kappa shape index (κ1) is 20.4. The number of rotatable bonds is 6. The fourth-order valence-corrected chi connectivity index (χ4v) is 4.45. The van der Waals surface area contributed by atoms with E-state index >= 15 is 0 Å². The second-order valence-corrected chi connectivity index (χ2v) is 8.21. The lowest BCUT2D eigenvalue weighted by Gasteiger charge is -2.36. The summed E-state index contributed by atoms with van der Waals surface area (Å²) in [6, 6.07) is 12.3. The second-order valence-electron chi connectivity index (χ2n) is 7.21. The van der Waals surface area contributed by atoms with Gasteiger partial charge in [0, 0.05) is 51.2 Å². The highest BCUT2D eigenvalue weighted by Crippen LogP contribution is 2.26. The Hall–Kier alpha value is -2.84. The van der Waals surface area contributed by atoms with Crippen molar-refractivity contribution in [3.05, 3.63) is 65.0 Å². The molecule has 1 fully saturated rings. The molecule has 0 bridgehead atoms. The van der Waals surface area contributed by atoms with Crippen molar-refractivity contribution in [1.29, 1.82) is 0 Å². The molecule has 1 aromatic carbocycles. The van der Waals surface area contributed by atoms with Crippen LogP contribution in [0.5, 0.6) is 0 Å². The molecule has 1 aliphatic heterocycles. The summed E-state index contributed by atoms with van der Waals surface area (Å²) in [7, 11) is 0. The molecule has 30 heavy (non-hydrogen) atoms. The van der Waals surface area contributed by atoms with Crippen molar-refractivity contribution in [3.63, 3.8) is 0 Å². The van der Waals surface area contributed by atoms with E-state index in [1.165, 1.54) is 23.5 Å². The van der Waals surface area contributed by atoms with Crippen molar-refractivity contribution in [2.45, 2.75) is 6.92 Å². The van der Waals surface area contributed by atoms with E-state index < -0.39 is 0 Å². The van der Waals surface area contributed by atoms with Gasteiger partial charge >= 0.3 is 0 Å². The number of thiazole rings is 1. The molecule has 1 amide bonds. The molecule has 6 nitrogen and oxygen atoms in total. The van der Waals surface area contributed by atoms with E-state index in [2.05, 4.69) is 25.1 Å². The molecule has 0 radical (unpaired) electrons. The Bertz CT molecular complexity index is 985. The third-order valence-electron chi connectivity index (χ3n) is 5.16. The highest BCUT2D eigenvalue weighted by Gasteiger charge is 2.19. The number of hydrogen-bond donors (Lipinski definition) is 1. The van der Waals surface area contributed by atoms with Gasteiger partial charge < -0.3 is 10.2 Å². The molecule has 3 aromatic rings. The summed E-state index contributed by atoms with van der Waals surface area (Å²) < 4.78 is 13.1. The predicted molar refractivity (Wildman–Crippen MR) is 117 cm³/mol. The molecular weight excluding hydrogens is 401 g/mol. The maximum atomic E-state index is 13.1. The number of nitrogens with one attached hydrogen (secondary N) is 1. The van der Waals surface area contributed by atoms with Gasteiger partial charge in [-0.3, -0.25) is 14.7 Å². The van der Waals surface area contributed by atoms with Gasteiger partial charge in [-0.15, -0.1) is 11.3 Å². The fraction of sp³-hybridized carbons (Fsp3) is 0.318. The van der Waals surface area contributed by atoms with Gasteiger partial charge in [0.05, 0.1) is 11.4 Å². The van der Waals surface area contributed by atoms with Crippen molar-refractivity contribution >= 4 is 22.9 Å². The molecule has 0 spiro atoms. The van der Waals surface area contributed by atoms with Crippen LogP contribution in [-0.4, -0.2) is 60.0 Å². The standard InChI is InChI=1S/C22H24FN5OS/c1-16-20(30-22(26-16)19-4-2-3-9-24-19)21(29)25-10-11-27-12-14-28(15-13-27)18-7-5-17(23)6-8-18/h2-9H,10-15H2,1H3,(H,25,29). The van der Waals surface area contributed by atoms with Gasteiger partial charge in [-0.05, 0) is 43.3 Å². The van der Waals surface area contributed by atoms with Gasteiger partial charge in [0.2, 0.25) is 0 Å². The predicted octanol–water partition coefficient (Wildman–Crippen LogP) is 3.20. The van der Waals surface area contributed by atoms with E-state index in [9.17, 15) is 9.18 Å². The van der Waals surface area contributed by atoms with Crippen LogP contribution in [0, 0.1) is 12.7 Å². The zero-order valence-corrected chi connectivity index (χ0v) is 17.7. The first-order valence-corrected chi connectivity index (χ1v) is 10.8. The third-order valence-corrected chi connectivity index (χ3v) is 6.34. The van der Waals surface area contributed by atoms with Crippen LogP contribution >= 0.6 is 11.3 Å². The molecule has 8 heteroatoms. The number of benzene rings is 1. The van der Waals surface area contributed by atoms with E-state index in [4.69, 9.17) is 0 Å². The number of hydrogen-bond acceptors (Lipinski definition) is 6. The molecule has 1 saturated heterocycles. The number of piperazine rings is 1. The summed E-state index contributed by atoms with van der Waals surface area (Å²) in [4.78, 5) is 26.6. The molecule has 156 valence electrons. The third kappa shape index (κ3) is 4.83. The first-order valence-electron chi connectivity index (χ1n) is 10.00. The smallest absolute Gasteiger partial charge is 0.263 e. The summed E-state index contributed by atoms with van der Waals surface area (Å²) >= 11 is 1.37. The average molecular weight is 426 g/mol. The van der Waals surface area contributed by atoms with Crippen molar-refractivity contribution in [3.8, 4) is 10.7 Å². The van der Waals surface area contributed by atoms with Crippen LogP contribution in [0.1, 0.15) is 15.4 Å². The minimum absolute atomic E-state index is 0.0860. The van der Waals surface area contributed by atoms with Crippen molar-refractivity contribution in [1.82, 2.24) is 20.2 Å². The van der Waals surface area contributed by atoms with E-state index in [-0.39, 0.29) is 11.7 Å². The number of amides is 1. The number of halogens is 1. The van der Waals surface area contributed by atoms with Gasteiger partial charge in [-0.25, -0.2) is 9.37 Å². The van der Waals surface area contributed by atoms with Crippen molar-refractivity contribution in [2.75, 3.05) is 44.2 Å². The molecule has 1 aliphatic rings. The zero-order valence-electron chi connectivity index (χ0n) is 16.8. The van der Waals surface area contributed by atoms with Crippen molar-refractivity contribution < 1.29 is 9.18 Å². The second kappa shape index (κ2) is 9.32. The number of carbonyl (C=O) groups is 1. The summed E-state index contributed by atoms with van der Waals surface area (Å²) in [6.07, 6.45) is 1.72. The fourth-order valence-electron chi connectivity index (χ4n) is 3.50. The quantitative estimate of drug-likeness (QED) is 0.657. The molecule has 2 aromatic heterocycles. The molecule has 1 N–H and O–H groups in total. The Morgan fingerprint density at radius 2 is 1.90 bits per heavy atom. The Kier molecular flexibility index (Phi) is 6.35. The highest BCUT2D eigenvalue weighted by atomic mass is 32.1. The minimum atomic E-state index is -0.212. The van der Waals surface area contributed by atoms with Crippen LogP contribution in [-0.2, 0) is 0 Å². The lowest BCUT2D eigenvalue weighted by molar-refractivity contribution is 0.0951. The first-order chi connectivity index (χ1) is 14.6. The maximum Gasteiger partial charge on any atom is 0.263 e. The Balaban J connectivity index is 1.25. The molecule has 0 saturated carbocycles. The number of aryl methyl sites for hydroxylation is 1. The number of pyridine rings is 1. The van der Waals surface area contributed by atoms with Gasteiger partial charge in [0.1, 0.15) is 15.7 Å². The summed E-state index contributed by atoms with van der Waals surface area (Å²) in [5.74, 6) is -0.298.